The number of nitrogens with zero attached hydrogens (tertiary/aromatic N) is 2. The lowest BCUT2D eigenvalue weighted by molar-refractivity contribution is -0.135. The van der Waals surface area contributed by atoms with Crippen molar-refractivity contribution in [2.75, 3.05) is 16.9 Å². The smallest absolute Gasteiger partial charge is 0.238 e. The summed E-state index contributed by atoms with van der Waals surface area (Å²) < 4.78 is 5.33. The van der Waals surface area contributed by atoms with Crippen molar-refractivity contribution in [3.05, 3.63) is 103 Å². The molecule has 36 heavy (non-hydrogen) atoms. The number of amides is 3. The first kappa shape index (κ1) is 22.3. The van der Waals surface area contributed by atoms with E-state index in [2.05, 4.69) is 0 Å². The van der Waals surface area contributed by atoms with Gasteiger partial charge in [-0.05, 0) is 48.4 Å². The second kappa shape index (κ2) is 8.79. The van der Waals surface area contributed by atoms with Crippen molar-refractivity contribution in [2.45, 2.75) is 12.5 Å². The molecule has 0 spiro atoms. The zero-order valence-corrected chi connectivity index (χ0v) is 19.9. The van der Waals surface area contributed by atoms with Gasteiger partial charge in [0, 0.05) is 11.6 Å². The molecule has 2 fully saturated rings. The van der Waals surface area contributed by atoms with Gasteiger partial charge in [0.05, 0.1) is 36.6 Å². The van der Waals surface area contributed by atoms with Crippen LogP contribution in [0, 0.1) is 23.7 Å². The van der Waals surface area contributed by atoms with E-state index in [0.717, 1.165) is 17.0 Å². The molecule has 3 aromatic carbocycles. The molecule has 0 bridgehead atoms. The highest BCUT2D eigenvalue weighted by atomic mass is 16.5. The molecule has 3 aliphatic rings. The Labute approximate surface area is 209 Å². The molecule has 6 heteroatoms. The Bertz CT molecular complexity index is 1340. The average molecular weight is 479 g/mol. The molecule has 3 amide bonds. The van der Waals surface area contributed by atoms with E-state index in [4.69, 9.17) is 4.74 Å². The molecule has 1 aliphatic carbocycles. The first-order chi connectivity index (χ1) is 17.6. The number of carbonyl (C=O) groups excluding carboxylic acids is 3. The van der Waals surface area contributed by atoms with E-state index in [1.54, 1.807) is 24.1 Å². The van der Waals surface area contributed by atoms with Gasteiger partial charge in [0.2, 0.25) is 17.7 Å². The summed E-state index contributed by atoms with van der Waals surface area (Å²) in [5.41, 5.74) is 2.37. The Hall–Kier alpha value is -4.19. The fourth-order valence-corrected chi connectivity index (χ4v) is 6.03. The fraction of sp³-hybridized carbons (Fsp3) is 0.233. The molecule has 0 N–H and O–H groups in total. The fourth-order valence-electron chi connectivity index (χ4n) is 6.03. The van der Waals surface area contributed by atoms with E-state index < -0.39 is 17.8 Å². The van der Waals surface area contributed by atoms with E-state index in [0.29, 0.717) is 12.1 Å². The lowest BCUT2D eigenvalue weighted by Crippen LogP contribution is -2.59. The second-order valence-corrected chi connectivity index (χ2v) is 9.51. The van der Waals surface area contributed by atoms with Gasteiger partial charge in [-0.3, -0.25) is 19.3 Å². The normalized spacial score (nSPS) is 27.1. The van der Waals surface area contributed by atoms with E-state index in [-0.39, 0.29) is 29.7 Å². The van der Waals surface area contributed by atoms with E-state index in [9.17, 15) is 14.4 Å². The van der Waals surface area contributed by atoms with Gasteiger partial charge in [0.25, 0.3) is 0 Å². The van der Waals surface area contributed by atoms with Gasteiger partial charge in [-0.1, -0.05) is 60.7 Å². The topological polar surface area (TPSA) is 66.9 Å². The minimum Gasteiger partial charge on any atom is -0.497 e. The highest BCUT2D eigenvalue weighted by Gasteiger charge is 2.60. The summed E-state index contributed by atoms with van der Waals surface area (Å²) in [6.45, 7) is 0. The van der Waals surface area contributed by atoms with Crippen molar-refractivity contribution in [3.63, 3.8) is 0 Å². The van der Waals surface area contributed by atoms with Gasteiger partial charge >= 0.3 is 0 Å². The molecule has 180 valence electrons. The number of carbonyl (C=O) groups is 3. The van der Waals surface area contributed by atoms with Gasteiger partial charge in [-0.15, -0.1) is 0 Å². The highest BCUT2D eigenvalue weighted by Crippen LogP contribution is 2.53. The largest absolute Gasteiger partial charge is 0.497 e. The maximum Gasteiger partial charge on any atom is 0.238 e. The number of rotatable bonds is 5. The summed E-state index contributed by atoms with van der Waals surface area (Å²) in [6, 6.07) is 26.1. The Morgan fingerprint density at radius 1 is 0.722 bits per heavy atom. The molecule has 2 heterocycles. The number of fused-ring (bicyclic) bond motifs is 1. The molecule has 2 saturated heterocycles. The number of imide groups is 1. The average Bonchev–Trinajstić information content (AvgIpc) is 3.18. The summed E-state index contributed by atoms with van der Waals surface area (Å²) in [6.07, 6.45) is 4.46. The standard InChI is InChI=1S/C30H26N2O4/c1-36-22-17-15-19(16-18-22)27-26(30(35)31(27)20-9-4-2-5-10-20)23-13-8-14-24-25(23)29(34)32(28(24)33)21-11-6-3-7-12-21/h2-13,15-18,23-27H,14H2,1H3/t23-,24+,25-,26-,27-/m1/s1. The second-order valence-electron chi connectivity index (χ2n) is 9.51. The van der Waals surface area contributed by atoms with Crippen LogP contribution < -0.4 is 14.5 Å². The van der Waals surface area contributed by atoms with E-state index >= 15 is 0 Å². The molecule has 2 aliphatic heterocycles. The third-order valence-corrected chi connectivity index (χ3v) is 7.70. The summed E-state index contributed by atoms with van der Waals surface area (Å²) in [5, 5.41) is 0. The summed E-state index contributed by atoms with van der Waals surface area (Å²) in [7, 11) is 1.62. The lowest BCUT2D eigenvalue weighted by Gasteiger charge is -2.51. The Morgan fingerprint density at radius 2 is 1.36 bits per heavy atom. The predicted octanol–water partition coefficient (Wildman–Crippen LogP) is 4.78. The van der Waals surface area contributed by atoms with Crippen LogP contribution in [0.5, 0.6) is 5.75 Å². The number of para-hydroxylation sites is 2. The third kappa shape index (κ3) is 3.36. The predicted molar refractivity (Wildman–Crippen MR) is 136 cm³/mol. The molecule has 0 radical (unpaired) electrons. The maximum atomic E-state index is 13.8. The summed E-state index contributed by atoms with van der Waals surface area (Å²) in [4.78, 5) is 44.0. The van der Waals surface area contributed by atoms with Crippen molar-refractivity contribution in [1.82, 2.24) is 0 Å². The van der Waals surface area contributed by atoms with Gasteiger partial charge in [0.15, 0.2) is 0 Å². The Morgan fingerprint density at radius 3 is 2.00 bits per heavy atom. The number of anilines is 2. The minimum absolute atomic E-state index is 0.0317. The monoisotopic (exact) mass is 478 g/mol. The molecule has 3 aromatic rings. The summed E-state index contributed by atoms with van der Waals surface area (Å²) in [5.74, 6) is -1.53. The Balaban J connectivity index is 1.39. The molecule has 6 nitrogen and oxygen atoms in total. The molecule has 0 unspecified atom stereocenters. The van der Waals surface area contributed by atoms with Crippen LogP contribution in [0.2, 0.25) is 0 Å². The van der Waals surface area contributed by atoms with Gasteiger partial charge in [0.1, 0.15) is 5.75 Å². The van der Waals surface area contributed by atoms with Crippen molar-refractivity contribution in [3.8, 4) is 5.75 Å². The van der Waals surface area contributed by atoms with Crippen LogP contribution in [0.4, 0.5) is 11.4 Å². The number of hydrogen-bond acceptors (Lipinski definition) is 4. The molecule has 0 aromatic heterocycles. The van der Waals surface area contributed by atoms with Crippen LogP contribution in [0.3, 0.4) is 0 Å². The quantitative estimate of drug-likeness (QED) is 0.301. The maximum absolute atomic E-state index is 13.8. The van der Waals surface area contributed by atoms with Crippen LogP contribution in [0.15, 0.2) is 97.1 Å². The van der Waals surface area contributed by atoms with Crippen molar-refractivity contribution in [2.24, 2.45) is 23.7 Å². The number of allylic oxidation sites excluding steroid dienone is 2. The molecule has 5 atom stereocenters. The molecule has 0 saturated carbocycles. The van der Waals surface area contributed by atoms with E-state index in [1.165, 1.54) is 4.90 Å². The molecular weight excluding hydrogens is 452 g/mol. The number of ether oxygens (including phenoxy) is 1. The van der Waals surface area contributed by atoms with Crippen molar-refractivity contribution < 1.29 is 19.1 Å². The lowest BCUT2D eigenvalue weighted by atomic mass is 9.64. The van der Waals surface area contributed by atoms with Crippen LogP contribution >= 0.6 is 0 Å². The highest BCUT2D eigenvalue weighted by molar-refractivity contribution is 6.22. The first-order valence-electron chi connectivity index (χ1n) is 12.2. The zero-order chi connectivity index (χ0) is 24.8. The first-order valence-corrected chi connectivity index (χ1v) is 12.2. The minimum atomic E-state index is -0.560. The van der Waals surface area contributed by atoms with E-state index in [1.807, 2.05) is 84.9 Å². The Kier molecular flexibility index (Phi) is 5.44. The van der Waals surface area contributed by atoms with Crippen molar-refractivity contribution in [1.29, 1.82) is 0 Å². The summed E-state index contributed by atoms with van der Waals surface area (Å²) >= 11 is 0. The SMILES string of the molecule is COc1ccc([C@@H]2[C@@H]([C@@H]3C=CC[C@@H]4C(=O)N(c5ccccc5)C(=O)[C@H]34)C(=O)N2c2ccccc2)cc1. The van der Waals surface area contributed by atoms with Crippen LogP contribution in [-0.2, 0) is 14.4 Å². The van der Waals surface area contributed by atoms with Crippen LogP contribution in [-0.4, -0.2) is 24.8 Å². The third-order valence-electron chi connectivity index (χ3n) is 7.70. The number of hydrogen-bond donors (Lipinski definition) is 0. The molecular formula is C30H26N2O4. The van der Waals surface area contributed by atoms with Gasteiger partial charge in [-0.2, -0.15) is 0 Å². The van der Waals surface area contributed by atoms with Crippen LogP contribution in [0.25, 0.3) is 0 Å². The number of benzene rings is 3. The number of β-lactam (4-membered cyclic amide) rings is 1. The van der Waals surface area contributed by atoms with Crippen LogP contribution in [0.1, 0.15) is 18.0 Å². The zero-order valence-electron chi connectivity index (χ0n) is 19.9. The van der Waals surface area contributed by atoms with Gasteiger partial charge in [-0.25, -0.2) is 0 Å². The number of methoxy groups -OCH3 is 1. The van der Waals surface area contributed by atoms with Gasteiger partial charge < -0.3 is 9.64 Å². The van der Waals surface area contributed by atoms with Crippen molar-refractivity contribution >= 4 is 29.1 Å². The molecule has 6 rings (SSSR count).